The highest BCUT2D eigenvalue weighted by Gasteiger charge is 2.49. The summed E-state index contributed by atoms with van der Waals surface area (Å²) in [4.78, 5) is 72.1. The lowest BCUT2D eigenvalue weighted by molar-refractivity contribution is -0.115. The second-order valence-electron chi connectivity index (χ2n) is 15.5. The smallest absolute Gasteiger partial charge is 0.413 e. The van der Waals surface area contributed by atoms with E-state index in [0.717, 1.165) is 0 Å². The van der Waals surface area contributed by atoms with Gasteiger partial charge in [-0.2, -0.15) is 0 Å². The summed E-state index contributed by atoms with van der Waals surface area (Å²) in [6.45, 7) is 8.21. The number of nitrogens with one attached hydrogen (secondary N) is 6. The molecule has 24 heteroatoms. The molecule has 1 heterocycles. The van der Waals surface area contributed by atoms with Gasteiger partial charge < -0.3 is 59.0 Å². The first kappa shape index (κ1) is 51.5. The van der Waals surface area contributed by atoms with Crippen molar-refractivity contribution in [1.82, 2.24) is 0 Å². The Kier molecular flexibility index (Phi) is 16.1. The lowest BCUT2D eigenvalue weighted by Gasteiger charge is -2.33. The third-order valence-electron chi connectivity index (χ3n) is 9.07. The summed E-state index contributed by atoms with van der Waals surface area (Å²) in [7, 11) is -13.4. The van der Waals surface area contributed by atoms with Crippen LogP contribution in [0.3, 0.4) is 0 Å². The molecule has 1 aliphatic heterocycles. The van der Waals surface area contributed by atoms with Crippen LogP contribution in [-0.4, -0.2) is 35.4 Å². The molecule has 0 unspecified atom stereocenters. The van der Waals surface area contributed by atoms with E-state index in [1.54, 1.807) is 146 Å². The second-order valence-corrected chi connectivity index (χ2v) is 21.7. The molecule has 0 atom stereocenters. The summed E-state index contributed by atoms with van der Waals surface area (Å²) in [5.74, 6) is -1.04. The molecule has 6 aromatic rings. The molecule has 1 aliphatic rings. The van der Waals surface area contributed by atoms with E-state index in [-0.39, 0.29) is 69.9 Å². The molecule has 6 amide bonds. The van der Waals surface area contributed by atoms with Gasteiger partial charge in [0.15, 0.2) is 0 Å². The molecule has 72 heavy (non-hydrogen) atoms. The first-order chi connectivity index (χ1) is 34.3. The molecular weight excluding hydrogens is 988 g/mol. The fraction of sp³-hybridized carbons (Fsp3) is 0.125. The highest BCUT2D eigenvalue weighted by Crippen LogP contribution is 2.78. The minimum atomic E-state index is -4.47. The predicted molar refractivity (Wildman–Crippen MR) is 276 cm³/mol. The van der Waals surface area contributed by atoms with Crippen molar-refractivity contribution in [3.63, 3.8) is 0 Å². The lowest BCUT2D eigenvalue weighted by atomic mass is 10.3. The molecule has 7 rings (SSSR count). The Labute approximate surface area is 414 Å². The van der Waals surface area contributed by atoms with Crippen LogP contribution >= 0.6 is 23.0 Å². The fourth-order valence-electron chi connectivity index (χ4n) is 6.40. The molecule has 0 aromatic heterocycles. The van der Waals surface area contributed by atoms with Crippen LogP contribution < -0.4 is 59.0 Å². The molecule has 0 spiro atoms. The molecule has 0 saturated heterocycles. The van der Waals surface area contributed by atoms with Crippen LogP contribution in [0.4, 0.5) is 34.1 Å². The number of nitrogens with zero attached hydrogens (tertiary/aromatic N) is 3. The third-order valence-corrected chi connectivity index (χ3v) is 17.2. The van der Waals surface area contributed by atoms with E-state index in [4.69, 9.17) is 40.7 Å². The zero-order valence-corrected chi connectivity index (χ0v) is 42.1. The van der Waals surface area contributed by atoms with Crippen LogP contribution in [0.5, 0.6) is 34.5 Å². The SMILES string of the molecule is CC(=O)Nc1ccc(OP2(Oc3ccc(NC(C)=O)cc3)=NP(Oc3ccc(NC(C)=O)cc3)(Oc3ccc(NC(C)=O)cc3)=NP(Oc3ccc(NC(C)=O)cc3)(Oc3ccc(NC(C)=O)cc3)=N2)cc1. The van der Waals surface area contributed by atoms with Crippen molar-refractivity contribution in [2.75, 3.05) is 31.9 Å². The number of carbonyl (C=O) groups is 6. The van der Waals surface area contributed by atoms with Crippen molar-refractivity contribution < 1.29 is 55.9 Å². The Morgan fingerprint density at radius 1 is 0.264 bits per heavy atom. The number of anilines is 6. The van der Waals surface area contributed by atoms with Gasteiger partial charge in [0, 0.05) is 75.7 Å². The van der Waals surface area contributed by atoms with Crippen LogP contribution in [0, 0.1) is 0 Å². The summed E-state index contributed by atoms with van der Waals surface area (Å²) < 4.78 is 56.8. The van der Waals surface area contributed by atoms with E-state index in [2.05, 4.69) is 31.9 Å². The molecule has 0 saturated carbocycles. The van der Waals surface area contributed by atoms with Gasteiger partial charge in [-0.15, -0.1) is 0 Å². The normalized spacial score (nSPS) is 13.6. The first-order valence-corrected chi connectivity index (χ1v) is 26.3. The minimum Gasteiger partial charge on any atom is -0.413 e. The largest absolute Gasteiger partial charge is 0.460 e. The predicted octanol–water partition coefficient (Wildman–Crippen LogP) is 12.1. The molecule has 21 nitrogen and oxygen atoms in total. The van der Waals surface area contributed by atoms with E-state index in [1.807, 2.05) is 0 Å². The average molecular weight is 1040 g/mol. The number of rotatable bonds is 18. The Balaban J connectivity index is 1.55. The van der Waals surface area contributed by atoms with E-state index in [1.165, 1.54) is 41.5 Å². The zero-order chi connectivity index (χ0) is 51.5. The fourth-order valence-corrected chi connectivity index (χ4v) is 15.5. The maximum Gasteiger partial charge on any atom is 0.460 e. The highest BCUT2D eigenvalue weighted by atomic mass is 31.3. The Morgan fingerprint density at radius 2 is 0.389 bits per heavy atom. The molecule has 0 radical (unpaired) electrons. The van der Waals surface area contributed by atoms with E-state index in [9.17, 15) is 28.8 Å². The molecule has 0 aliphatic carbocycles. The van der Waals surface area contributed by atoms with Crippen LogP contribution in [0.15, 0.2) is 159 Å². The first-order valence-electron chi connectivity index (χ1n) is 21.7. The summed E-state index contributed by atoms with van der Waals surface area (Å²) in [6, 6.07) is 37.8. The minimum absolute atomic E-state index is 0.136. The van der Waals surface area contributed by atoms with Gasteiger partial charge in [-0.25, -0.2) is 0 Å². The number of hydrogen-bond acceptors (Lipinski definition) is 15. The van der Waals surface area contributed by atoms with Crippen LogP contribution in [0.1, 0.15) is 41.5 Å². The lowest BCUT2D eigenvalue weighted by Crippen LogP contribution is -2.12. The molecule has 6 aromatic carbocycles. The quantitative estimate of drug-likeness (QED) is 0.0439. The van der Waals surface area contributed by atoms with Crippen molar-refractivity contribution in [3.05, 3.63) is 146 Å². The van der Waals surface area contributed by atoms with E-state index < -0.39 is 23.0 Å². The van der Waals surface area contributed by atoms with Crippen molar-refractivity contribution in [3.8, 4) is 34.5 Å². The van der Waals surface area contributed by atoms with Gasteiger partial charge in [0.1, 0.15) is 34.5 Å². The topological polar surface area (TPSA) is 267 Å². The Morgan fingerprint density at radius 3 is 0.500 bits per heavy atom. The summed E-state index contributed by atoms with van der Waals surface area (Å²) in [6.07, 6.45) is 0. The van der Waals surface area contributed by atoms with Gasteiger partial charge in [0.05, 0.1) is 0 Å². The van der Waals surface area contributed by atoms with Crippen LogP contribution in [-0.2, 0) is 28.8 Å². The van der Waals surface area contributed by atoms with Crippen LogP contribution in [0.25, 0.3) is 0 Å². The van der Waals surface area contributed by atoms with Gasteiger partial charge in [0.25, 0.3) is 0 Å². The van der Waals surface area contributed by atoms with Gasteiger partial charge >= 0.3 is 23.0 Å². The van der Waals surface area contributed by atoms with Gasteiger partial charge in [-0.1, -0.05) is 13.5 Å². The number of amides is 6. The molecule has 0 fully saturated rings. The Bertz CT molecular complexity index is 2620. The second kappa shape index (κ2) is 22.6. The standard InChI is InChI=1S/C48H48N9O12P3/c1-31(58)49-37-7-19-43(20-8-37)64-70(65-44-21-9-38(10-22-44)50-32(2)59)55-71(66-45-23-11-39(12-24-45)51-33(3)60,67-46-25-13-40(14-26-46)52-34(4)61)57-72(56-70,68-47-27-15-41(16-28-47)53-35(5)62)69-48-29-17-42(18-30-48)54-36(6)63/h7-30H,1-6H3,(H,49,58)(H,50,59)(H,51,60)(H,52,61)(H,53,62)(H,54,63). The third kappa shape index (κ3) is 14.8. The summed E-state index contributed by atoms with van der Waals surface area (Å²) in [5, 5.41) is 16.4. The van der Waals surface area contributed by atoms with E-state index in [0.29, 0.717) is 34.1 Å². The van der Waals surface area contributed by atoms with E-state index >= 15 is 0 Å². The van der Waals surface area contributed by atoms with Crippen LogP contribution in [0.2, 0.25) is 0 Å². The average Bonchev–Trinajstić information content (AvgIpc) is 3.29. The number of hydrogen-bond donors (Lipinski definition) is 6. The summed E-state index contributed by atoms with van der Waals surface area (Å²) >= 11 is 0. The van der Waals surface area contributed by atoms with Crippen molar-refractivity contribution >= 4 is 92.5 Å². The maximum atomic E-state index is 12.0. The molecule has 0 bridgehead atoms. The van der Waals surface area contributed by atoms with Crippen molar-refractivity contribution in [2.45, 2.75) is 41.5 Å². The molecular formula is C48H48N9O12P3. The maximum absolute atomic E-state index is 12.0. The van der Waals surface area contributed by atoms with Gasteiger partial charge in [-0.3, -0.25) is 28.8 Å². The van der Waals surface area contributed by atoms with Gasteiger partial charge in [0.2, 0.25) is 35.4 Å². The zero-order valence-electron chi connectivity index (χ0n) is 39.4. The number of benzene rings is 6. The van der Waals surface area contributed by atoms with Crippen molar-refractivity contribution in [2.24, 2.45) is 13.5 Å². The monoisotopic (exact) mass is 1040 g/mol. The molecule has 372 valence electrons. The highest BCUT2D eigenvalue weighted by molar-refractivity contribution is 7.79. The summed E-state index contributed by atoms with van der Waals surface area (Å²) in [5.41, 5.74) is 2.68. The number of carbonyl (C=O) groups excluding carboxylic acids is 6. The van der Waals surface area contributed by atoms with Crippen molar-refractivity contribution in [1.29, 1.82) is 0 Å². The Hall–Kier alpha value is -8.37. The van der Waals surface area contributed by atoms with Gasteiger partial charge in [-0.05, 0) is 146 Å². The molecule has 6 N–H and O–H groups in total.